The van der Waals surface area contributed by atoms with Gasteiger partial charge in [-0.2, -0.15) is 0 Å². The normalized spacial score (nSPS) is 12.2. The second-order valence-electron chi connectivity index (χ2n) is 8.15. The van der Waals surface area contributed by atoms with Gasteiger partial charge in [-0.3, -0.25) is 9.59 Å². The minimum atomic E-state index is -0.927. The Kier molecular flexibility index (Phi) is 9.42. The number of ether oxygens (including phenoxy) is 2. The minimum absolute atomic E-state index is 0.207. The van der Waals surface area contributed by atoms with Crippen LogP contribution < -0.4 is 15.4 Å². The molecule has 0 spiro atoms. The Balaban J connectivity index is 1.69. The lowest BCUT2D eigenvalue weighted by atomic mass is 10.0. The van der Waals surface area contributed by atoms with E-state index in [4.69, 9.17) is 9.47 Å². The maximum Gasteiger partial charge on any atom is 0.328 e. The largest absolute Gasteiger partial charge is 0.489 e. The van der Waals surface area contributed by atoms with Crippen molar-refractivity contribution in [1.82, 2.24) is 10.6 Å². The fraction of sp³-hybridized carbons (Fsp3) is 0.250. The lowest BCUT2D eigenvalue weighted by Crippen LogP contribution is -2.53. The number of benzene rings is 3. The third kappa shape index (κ3) is 8.30. The SMILES string of the molecule is COC(=O)[C@@H](Cc1cccc(OCc2ccccc2)c1)NC(=O)[C@@H](Cc1ccccc1)NC(C)=O. The van der Waals surface area contributed by atoms with Gasteiger partial charge < -0.3 is 20.1 Å². The van der Waals surface area contributed by atoms with Gasteiger partial charge in [0.05, 0.1) is 7.11 Å². The molecule has 3 aromatic carbocycles. The van der Waals surface area contributed by atoms with Crippen molar-refractivity contribution in [3.8, 4) is 5.75 Å². The molecule has 2 amide bonds. The molecule has 2 atom stereocenters. The summed E-state index contributed by atoms with van der Waals surface area (Å²) < 4.78 is 10.8. The third-order valence-electron chi connectivity index (χ3n) is 5.37. The highest BCUT2D eigenvalue weighted by atomic mass is 16.5. The average Bonchev–Trinajstić information content (AvgIpc) is 2.87. The summed E-state index contributed by atoms with van der Waals surface area (Å²) in [5.74, 6) is -0.716. The predicted octanol–water partition coefficient (Wildman–Crippen LogP) is 3.21. The molecular weight excluding hydrogens is 444 g/mol. The average molecular weight is 475 g/mol. The zero-order chi connectivity index (χ0) is 25.0. The van der Waals surface area contributed by atoms with Crippen molar-refractivity contribution in [3.05, 3.63) is 102 Å². The zero-order valence-electron chi connectivity index (χ0n) is 19.9. The Labute approximate surface area is 205 Å². The minimum Gasteiger partial charge on any atom is -0.489 e. The van der Waals surface area contributed by atoms with Crippen LogP contribution in [0.15, 0.2) is 84.9 Å². The molecule has 0 unspecified atom stereocenters. The van der Waals surface area contributed by atoms with E-state index in [1.54, 1.807) is 0 Å². The maximum atomic E-state index is 13.1. The van der Waals surface area contributed by atoms with Crippen LogP contribution in [0.25, 0.3) is 0 Å². The summed E-state index contributed by atoms with van der Waals surface area (Å²) in [6, 6.07) is 24.8. The van der Waals surface area contributed by atoms with E-state index in [-0.39, 0.29) is 12.3 Å². The molecule has 0 aliphatic heterocycles. The molecule has 0 radical (unpaired) electrons. The van der Waals surface area contributed by atoms with Gasteiger partial charge in [0.15, 0.2) is 0 Å². The molecule has 182 valence electrons. The Morgan fingerprint density at radius 3 is 1.97 bits per heavy atom. The Bertz CT molecular complexity index is 1120. The predicted molar refractivity (Wildman–Crippen MR) is 133 cm³/mol. The lowest BCUT2D eigenvalue weighted by molar-refractivity contribution is -0.145. The number of hydrogen-bond donors (Lipinski definition) is 2. The summed E-state index contributed by atoms with van der Waals surface area (Å²) in [4.78, 5) is 37.3. The number of esters is 1. The molecule has 0 fully saturated rings. The van der Waals surface area contributed by atoms with Crippen molar-refractivity contribution in [2.45, 2.75) is 38.5 Å². The van der Waals surface area contributed by atoms with Crippen LogP contribution in [0, 0.1) is 0 Å². The smallest absolute Gasteiger partial charge is 0.328 e. The van der Waals surface area contributed by atoms with E-state index in [1.807, 2.05) is 84.9 Å². The van der Waals surface area contributed by atoms with E-state index in [2.05, 4.69) is 10.6 Å². The molecule has 3 aromatic rings. The standard InChI is InChI=1S/C28H30N2O5/c1-20(31)29-25(17-21-10-5-3-6-11-21)27(32)30-26(28(33)34-2)18-23-14-9-15-24(16-23)35-19-22-12-7-4-8-13-22/h3-16,25-26H,17-19H2,1-2H3,(H,29,31)(H,30,32)/t25-,26-/m1/s1. The number of amides is 2. The molecule has 0 aliphatic rings. The summed E-state index contributed by atoms with van der Waals surface area (Å²) in [5.41, 5.74) is 2.73. The van der Waals surface area contributed by atoms with Crippen LogP contribution in [0.5, 0.6) is 5.75 Å². The molecule has 0 heterocycles. The van der Waals surface area contributed by atoms with Gasteiger partial charge in [0.1, 0.15) is 24.4 Å². The summed E-state index contributed by atoms with van der Waals surface area (Å²) >= 11 is 0. The van der Waals surface area contributed by atoms with Crippen LogP contribution >= 0.6 is 0 Å². The number of carbonyl (C=O) groups excluding carboxylic acids is 3. The topological polar surface area (TPSA) is 93.7 Å². The Morgan fingerprint density at radius 1 is 0.743 bits per heavy atom. The maximum absolute atomic E-state index is 13.1. The fourth-order valence-corrected chi connectivity index (χ4v) is 3.65. The summed E-state index contributed by atoms with van der Waals surface area (Å²) in [6.07, 6.45) is 0.502. The quantitative estimate of drug-likeness (QED) is 0.416. The first kappa shape index (κ1) is 25.5. The molecule has 0 aliphatic carbocycles. The number of methoxy groups -OCH3 is 1. The molecule has 3 rings (SSSR count). The molecule has 0 saturated carbocycles. The van der Waals surface area contributed by atoms with Crippen molar-refractivity contribution in [2.75, 3.05) is 7.11 Å². The van der Waals surface area contributed by atoms with E-state index >= 15 is 0 Å². The molecule has 35 heavy (non-hydrogen) atoms. The highest BCUT2D eigenvalue weighted by Crippen LogP contribution is 2.17. The summed E-state index contributed by atoms with van der Waals surface area (Å²) in [5, 5.41) is 5.42. The van der Waals surface area contributed by atoms with Crippen molar-refractivity contribution >= 4 is 17.8 Å². The first-order chi connectivity index (χ1) is 16.9. The Morgan fingerprint density at radius 2 is 1.34 bits per heavy atom. The number of nitrogens with one attached hydrogen (secondary N) is 2. The fourth-order valence-electron chi connectivity index (χ4n) is 3.65. The summed E-state index contributed by atoms with van der Waals surface area (Å²) in [7, 11) is 1.27. The lowest BCUT2D eigenvalue weighted by Gasteiger charge is -2.22. The van der Waals surface area contributed by atoms with Crippen molar-refractivity contribution in [3.63, 3.8) is 0 Å². The van der Waals surface area contributed by atoms with Gasteiger partial charge in [0.2, 0.25) is 11.8 Å². The molecule has 7 nitrogen and oxygen atoms in total. The van der Waals surface area contributed by atoms with E-state index < -0.39 is 24.0 Å². The third-order valence-corrected chi connectivity index (χ3v) is 5.37. The van der Waals surface area contributed by atoms with Crippen molar-refractivity contribution in [1.29, 1.82) is 0 Å². The molecule has 0 bridgehead atoms. The van der Waals surface area contributed by atoms with E-state index in [1.165, 1.54) is 14.0 Å². The highest BCUT2D eigenvalue weighted by molar-refractivity contribution is 5.90. The Hall–Kier alpha value is -4.13. The van der Waals surface area contributed by atoms with E-state index in [9.17, 15) is 14.4 Å². The zero-order valence-corrected chi connectivity index (χ0v) is 19.9. The van der Waals surface area contributed by atoms with Gasteiger partial charge >= 0.3 is 5.97 Å². The van der Waals surface area contributed by atoms with Crippen LogP contribution in [0.2, 0.25) is 0 Å². The molecule has 7 heteroatoms. The first-order valence-electron chi connectivity index (χ1n) is 11.4. The monoisotopic (exact) mass is 474 g/mol. The second-order valence-corrected chi connectivity index (χ2v) is 8.15. The van der Waals surface area contributed by atoms with Crippen LogP contribution in [0.3, 0.4) is 0 Å². The number of rotatable bonds is 11. The molecule has 2 N–H and O–H groups in total. The van der Waals surface area contributed by atoms with Gasteiger partial charge in [0, 0.05) is 19.8 Å². The van der Waals surface area contributed by atoms with Gasteiger partial charge in [-0.25, -0.2) is 4.79 Å². The number of hydrogen-bond acceptors (Lipinski definition) is 5. The molecule has 0 saturated heterocycles. The first-order valence-corrected chi connectivity index (χ1v) is 11.4. The van der Waals surface area contributed by atoms with Crippen molar-refractivity contribution in [2.24, 2.45) is 0 Å². The van der Waals surface area contributed by atoms with Crippen LogP contribution in [0.1, 0.15) is 23.6 Å². The van der Waals surface area contributed by atoms with Crippen LogP contribution in [-0.4, -0.2) is 37.0 Å². The van der Waals surface area contributed by atoms with E-state index in [0.717, 1.165) is 16.7 Å². The highest BCUT2D eigenvalue weighted by Gasteiger charge is 2.27. The second kappa shape index (κ2) is 12.9. The van der Waals surface area contributed by atoms with Gasteiger partial charge in [-0.05, 0) is 28.8 Å². The van der Waals surface area contributed by atoms with E-state index in [0.29, 0.717) is 18.8 Å². The number of carbonyl (C=O) groups is 3. The van der Waals surface area contributed by atoms with Crippen LogP contribution in [-0.2, 0) is 38.6 Å². The van der Waals surface area contributed by atoms with Gasteiger partial charge in [0.25, 0.3) is 0 Å². The molecular formula is C28H30N2O5. The van der Waals surface area contributed by atoms with Gasteiger partial charge in [-0.15, -0.1) is 0 Å². The van der Waals surface area contributed by atoms with Gasteiger partial charge in [-0.1, -0.05) is 72.8 Å². The summed E-state index contributed by atoms with van der Waals surface area (Å²) in [6.45, 7) is 1.77. The molecule has 0 aromatic heterocycles. The van der Waals surface area contributed by atoms with Crippen molar-refractivity contribution < 1.29 is 23.9 Å². The van der Waals surface area contributed by atoms with Crippen LogP contribution in [0.4, 0.5) is 0 Å².